The van der Waals surface area contributed by atoms with E-state index in [1.165, 1.54) is 14.0 Å². The maximum Gasteiger partial charge on any atom is 0.354 e. The molecule has 0 aliphatic heterocycles. The molecule has 4 nitrogen and oxygen atoms in total. The number of benzene rings is 1. The van der Waals surface area contributed by atoms with Crippen molar-refractivity contribution in [3.8, 4) is 0 Å². The summed E-state index contributed by atoms with van der Waals surface area (Å²) in [7, 11) is 1.26. The minimum Gasteiger partial charge on any atom is -0.464 e. The first-order valence-electron chi connectivity index (χ1n) is 5.28. The summed E-state index contributed by atoms with van der Waals surface area (Å²) in [6.45, 7) is 3.06. The number of carbonyl (C=O) groups is 2. The van der Waals surface area contributed by atoms with Gasteiger partial charge in [-0.1, -0.05) is 23.7 Å². The van der Waals surface area contributed by atoms with Crippen LogP contribution in [-0.4, -0.2) is 19.0 Å². The number of methoxy groups -OCH3 is 1. The van der Waals surface area contributed by atoms with E-state index in [9.17, 15) is 9.59 Å². The van der Waals surface area contributed by atoms with E-state index < -0.39 is 5.97 Å². The predicted octanol–water partition coefficient (Wildman–Crippen LogP) is 2.38. The van der Waals surface area contributed by atoms with E-state index in [1.54, 1.807) is 31.2 Å². The number of ether oxygens (including phenoxy) is 1. The first-order chi connectivity index (χ1) is 8.45. The number of rotatable bonds is 3. The Hall–Kier alpha value is -1.81. The molecule has 18 heavy (non-hydrogen) atoms. The molecule has 0 heterocycles. The van der Waals surface area contributed by atoms with Gasteiger partial charge in [0.15, 0.2) is 0 Å². The summed E-state index contributed by atoms with van der Waals surface area (Å²) in [5, 5.41) is 3.08. The fourth-order valence-electron chi connectivity index (χ4n) is 1.42. The van der Waals surface area contributed by atoms with Crippen molar-refractivity contribution in [3.05, 3.63) is 40.5 Å². The molecule has 96 valence electrons. The van der Waals surface area contributed by atoms with Crippen molar-refractivity contribution >= 4 is 29.1 Å². The summed E-state index contributed by atoms with van der Waals surface area (Å²) < 4.78 is 4.64. The third-order valence-electron chi connectivity index (χ3n) is 2.34. The highest BCUT2D eigenvalue weighted by atomic mass is 35.5. The van der Waals surface area contributed by atoms with Crippen molar-refractivity contribution in [2.24, 2.45) is 0 Å². The molecule has 5 heteroatoms. The van der Waals surface area contributed by atoms with Crippen molar-refractivity contribution in [2.45, 2.75) is 13.8 Å². The van der Waals surface area contributed by atoms with Gasteiger partial charge in [-0.2, -0.15) is 0 Å². The van der Waals surface area contributed by atoms with Crippen LogP contribution >= 0.6 is 11.6 Å². The molecular weight excluding hydrogens is 254 g/mol. The van der Waals surface area contributed by atoms with E-state index in [0.717, 1.165) is 5.56 Å². The van der Waals surface area contributed by atoms with Gasteiger partial charge < -0.3 is 10.1 Å². The fraction of sp³-hybridized carbons (Fsp3) is 0.231. The number of esters is 1. The largest absolute Gasteiger partial charge is 0.464 e. The number of halogens is 1. The van der Waals surface area contributed by atoms with E-state index in [0.29, 0.717) is 10.6 Å². The van der Waals surface area contributed by atoms with Gasteiger partial charge in [0.05, 0.1) is 7.11 Å². The highest BCUT2D eigenvalue weighted by Crippen LogP contribution is 2.20. The smallest absolute Gasteiger partial charge is 0.354 e. The van der Waals surface area contributed by atoms with Gasteiger partial charge in [0.2, 0.25) is 5.91 Å². The topological polar surface area (TPSA) is 55.4 Å². The van der Waals surface area contributed by atoms with Crippen LogP contribution in [0.1, 0.15) is 19.4 Å². The van der Waals surface area contributed by atoms with E-state index in [1.807, 2.05) is 0 Å². The Morgan fingerprint density at radius 2 is 1.72 bits per heavy atom. The number of allylic oxidation sites excluding steroid dienone is 1. The summed E-state index contributed by atoms with van der Waals surface area (Å²) in [6.07, 6.45) is 0. The molecule has 1 rings (SSSR count). The van der Waals surface area contributed by atoms with Gasteiger partial charge >= 0.3 is 5.97 Å². The number of amides is 1. The molecule has 0 atom stereocenters. The monoisotopic (exact) mass is 267 g/mol. The van der Waals surface area contributed by atoms with E-state index in [-0.39, 0.29) is 11.6 Å². The minimum atomic E-state index is -0.586. The molecule has 0 unspecified atom stereocenters. The summed E-state index contributed by atoms with van der Waals surface area (Å²) in [4.78, 5) is 22.7. The summed E-state index contributed by atoms with van der Waals surface area (Å²) in [5.74, 6) is -0.915. The molecule has 0 aliphatic carbocycles. The summed E-state index contributed by atoms with van der Waals surface area (Å²) in [6, 6.07) is 6.96. The molecule has 0 spiro atoms. The van der Waals surface area contributed by atoms with Crippen LogP contribution in [0.4, 0.5) is 0 Å². The predicted molar refractivity (Wildman–Crippen MR) is 69.9 cm³/mol. The first kappa shape index (κ1) is 14.3. The van der Waals surface area contributed by atoms with Gasteiger partial charge in [0.1, 0.15) is 5.70 Å². The third-order valence-corrected chi connectivity index (χ3v) is 2.59. The zero-order valence-electron chi connectivity index (χ0n) is 10.4. The van der Waals surface area contributed by atoms with Gasteiger partial charge in [-0.25, -0.2) is 4.79 Å². The average molecular weight is 268 g/mol. The van der Waals surface area contributed by atoms with Crippen LogP contribution < -0.4 is 5.32 Å². The summed E-state index contributed by atoms with van der Waals surface area (Å²) in [5.41, 5.74) is 1.54. The van der Waals surface area contributed by atoms with Crippen molar-refractivity contribution in [3.63, 3.8) is 0 Å². The highest BCUT2D eigenvalue weighted by Gasteiger charge is 2.15. The second-order valence-electron chi connectivity index (χ2n) is 3.68. The van der Waals surface area contributed by atoms with Crippen molar-refractivity contribution < 1.29 is 14.3 Å². The van der Waals surface area contributed by atoms with Gasteiger partial charge in [-0.3, -0.25) is 4.79 Å². The highest BCUT2D eigenvalue weighted by molar-refractivity contribution is 6.30. The van der Waals surface area contributed by atoms with Crippen molar-refractivity contribution in [2.75, 3.05) is 7.11 Å². The van der Waals surface area contributed by atoms with Crippen LogP contribution in [0.25, 0.3) is 5.57 Å². The van der Waals surface area contributed by atoms with E-state index >= 15 is 0 Å². The van der Waals surface area contributed by atoms with Crippen LogP contribution in [0.15, 0.2) is 30.0 Å². The lowest BCUT2D eigenvalue weighted by Crippen LogP contribution is -2.26. The zero-order chi connectivity index (χ0) is 13.7. The van der Waals surface area contributed by atoms with Gasteiger partial charge in [-0.05, 0) is 30.2 Å². The quantitative estimate of drug-likeness (QED) is 0.676. The van der Waals surface area contributed by atoms with Crippen LogP contribution in [0.5, 0.6) is 0 Å². The average Bonchev–Trinajstić information content (AvgIpc) is 2.35. The molecule has 1 aromatic carbocycles. The molecule has 1 N–H and O–H groups in total. The lowest BCUT2D eigenvalue weighted by molar-refractivity contribution is -0.137. The molecule has 0 saturated carbocycles. The molecule has 0 aromatic heterocycles. The second-order valence-corrected chi connectivity index (χ2v) is 4.12. The number of nitrogens with one attached hydrogen (secondary N) is 1. The zero-order valence-corrected chi connectivity index (χ0v) is 11.2. The lowest BCUT2D eigenvalue weighted by Gasteiger charge is -2.11. The standard InChI is InChI=1S/C13H14ClNO3/c1-8(10-4-6-11(14)7-5-10)12(13(17)18-3)15-9(2)16/h4-7H,1-3H3,(H,15,16)/b12-8-. The summed E-state index contributed by atoms with van der Waals surface area (Å²) >= 11 is 5.79. The Morgan fingerprint density at radius 1 is 1.17 bits per heavy atom. The Kier molecular flexibility index (Phi) is 4.92. The normalized spacial score (nSPS) is 11.6. The van der Waals surface area contributed by atoms with Crippen LogP contribution in [0, 0.1) is 0 Å². The Bertz CT molecular complexity index is 491. The fourth-order valence-corrected chi connectivity index (χ4v) is 1.55. The number of carbonyl (C=O) groups excluding carboxylic acids is 2. The third kappa shape index (κ3) is 3.60. The molecule has 0 saturated heterocycles. The van der Waals surface area contributed by atoms with Gasteiger partial charge in [0.25, 0.3) is 0 Å². The molecule has 0 radical (unpaired) electrons. The Labute approximate surface area is 111 Å². The van der Waals surface area contributed by atoms with Gasteiger partial charge in [-0.15, -0.1) is 0 Å². The molecular formula is C13H14ClNO3. The van der Waals surface area contributed by atoms with Crippen LogP contribution in [0.3, 0.4) is 0 Å². The molecule has 0 bridgehead atoms. The lowest BCUT2D eigenvalue weighted by atomic mass is 10.1. The van der Waals surface area contributed by atoms with Crippen LogP contribution in [-0.2, 0) is 14.3 Å². The Morgan fingerprint density at radius 3 is 2.17 bits per heavy atom. The second kappa shape index (κ2) is 6.21. The molecule has 0 aliphatic rings. The minimum absolute atomic E-state index is 0.132. The maximum absolute atomic E-state index is 11.6. The number of hydrogen-bond acceptors (Lipinski definition) is 3. The SMILES string of the molecule is COC(=O)/C(NC(C)=O)=C(\C)c1ccc(Cl)cc1. The maximum atomic E-state index is 11.6. The first-order valence-corrected chi connectivity index (χ1v) is 5.66. The van der Waals surface area contributed by atoms with E-state index in [2.05, 4.69) is 10.1 Å². The van der Waals surface area contributed by atoms with Crippen molar-refractivity contribution in [1.29, 1.82) is 0 Å². The Balaban J connectivity index is 3.21. The van der Waals surface area contributed by atoms with E-state index in [4.69, 9.17) is 11.6 Å². The number of hydrogen-bond donors (Lipinski definition) is 1. The van der Waals surface area contributed by atoms with Crippen molar-refractivity contribution in [1.82, 2.24) is 5.32 Å². The van der Waals surface area contributed by atoms with Gasteiger partial charge in [0, 0.05) is 11.9 Å². The molecule has 0 fully saturated rings. The molecule has 1 amide bonds. The molecule has 1 aromatic rings. The van der Waals surface area contributed by atoms with Crippen LogP contribution in [0.2, 0.25) is 5.02 Å².